The first-order valence-electron chi connectivity index (χ1n) is 8.09. The average molecular weight is 469 g/mol. The third kappa shape index (κ3) is 6.23. The maximum Gasteiger partial charge on any atom is 0.194 e. The first kappa shape index (κ1) is 21.2. The summed E-state index contributed by atoms with van der Waals surface area (Å²) in [5, 5.41) is 3.28. The van der Waals surface area contributed by atoms with Crippen LogP contribution in [-0.4, -0.2) is 67.0 Å². The van der Waals surface area contributed by atoms with Crippen LogP contribution in [0, 0.1) is 5.92 Å². The minimum Gasteiger partial charge on any atom is -0.357 e. The van der Waals surface area contributed by atoms with Gasteiger partial charge < -0.3 is 14.8 Å². The molecule has 1 aromatic rings. The van der Waals surface area contributed by atoms with Crippen molar-refractivity contribution >= 4 is 39.8 Å². The van der Waals surface area contributed by atoms with Gasteiger partial charge in [0.05, 0.1) is 24.7 Å². The Hall–Kier alpha value is -0.840. The second kappa shape index (κ2) is 9.59. The first-order chi connectivity index (χ1) is 10.9. The molecule has 138 valence electrons. The fourth-order valence-corrected chi connectivity index (χ4v) is 3.26. The van der Waals surface area contributed by atoms with Crippen molar-refractivity contribution in [1.29, 1.82) is 0 Å². The quantitative estimate of drug-likeness (QED) is 0.401. The van der Waals surface area contributed by atoms with Gasteiger partial charge in [-0.05, 0) is 19.3 Å². The summed E-state index contributed by atoms with van der Waals surface area (Å²) in [6.45, 7) is 7.11. The lowest BCUT2D eigenvalue weighted by atomic mass is 9.93. The number of halogens is 1. The van der Waals surface area contributed by atoms with Crippen LogP contribution in [0.4, 0.5) is 0 Å². The van der Waals surface area contributed by atoms with Gasteiger partial charge in [0.1, 0.15) is 9.84 Å². The number of likely N-dealkylation sites (tertiary alicyclic amines) is 1. The van der Waals surface area contributed by atoms with Crippen LogP contribution in [0.2, 0.25) is 0 Å². The van der Waals surface area contributed by atoms with E-state index in [1.165, 1.54) is 6.26 Å². The lowest BCUT2D eigenvalue weighted by Crippen LogP contribution is -2.49. The Kier molecular flexibility index (Phi) is 8.48. The maximum atomic E-state index is 11.3. The van der Waals surface area contributed by atoms with E-state index in [1.807, 2.05) is 19.4 Å². The van der Waals surface area contributed by atoms with Crippen LogP contribution in [0.25, 0.3) is 0 Å². The second-order valence-corrected chi connectivity index (χ2v) is 8.41. The van der Waals surface area contributed by atoms with Gasteiger partial charge in [0, 0.05) is 38.3 Å². The van der Waals surface area contributed by atoms with Crippen LogP contribution < -0.4 is 5.32 Å². The highest BCUT2D eigenvalue weighted by molar-refractivity contribution is 14.0. The molecule has 1 saturated heterocycles. The second-order valence-electron chi connectivity index (χ2n) is 6.15. The van der Waals surface area contributed by atoms with Gasteiger partial charge in [0.2, 0.25) is 0 Å². The van der Waals surface area contributed by atoms with Crippen LogP contribution in [0.5, 0.6) is 0 Å². The summed E-state index contributed by atoms with van der Waals surface area (Å²) in [5.74, 6) is 1.45. The number of nitrogens with zero attached hydrogens (tertiary/aromatic N) is 4. The number of nitrogens with one attached hydrogen (secondary N) is 1. The Labute approximate surface area is 161 Å². The molecule has 0 radical (unpaired) electrons. The van der Waals surface area contributed by atoms with Crippen molar-refractivity contribution in [3.63, 3.8) is 0 Å². The molecule has 1 aromatic heterocycles. The molecule has 7 nitrogen and oxygen atoms in total. The SMILES string of the molecule is CCNC(=NCCS(C)(=O)=O)N1CCC(C)C(n2ccnc2)C1.I. The van der Waals surface area contributed by atoms with Crippen LogP contribution in [0.3, 0.4) is 0 Å². The third-order valence-electron chi connectivity index (χ3n) is 4.18. The number of sulfone groups is 1. The van der Waals surface area contributed by atoms with E-state index in [0.717, 1.165) is 32.0 Å². The number of hydrogen-bond acceptors (Lipinski definition) is 4. The number of hydrogen-bond donors (Lipinski definition) is 1. The molecule has 2 unspecified atom stereocenters. The van der Waals surface area contributed by atoms with E-state index in [2.05, 4.69) is 31.7 Å². The van der Waals surface area contributed by atoms with Crippen molar-refractivity contribution in [2.75, 3.05) is 38.2 Å². The average Bonchev–Trinajstić information content (AvgIpc) is 3.00. The number of piperidine rings is 1. The van der Waals surface area contributed by atoms with Crippen molar-refractivity contribution in [1.82, 2.24) is 19.8 Å². The number of rotatable bonds is 5. The summed E-state index contributed by atoms with van der Waals surface area (Å²) in [4.78, 5) is 10.9. The van der Waals surface area contributed by atoms with E-state index >= 15 is 0 Å². The zero-order chi connectivity index (χ0) is 16.9. The van der Waals surface area contributed by atoms with Crippen LogP contribution in [0.15, 0.2) is 23.7 Å². The third-order valence-corrected chi connectivity index (χ3v) is 5.11. The van der Waals surface area contributed by atoms with E-state index in [-0.39, 0.29) is 29.7 Å². The number of aromatic nitrogens is 2. The normalized spacial score (nSPS) is 22.1. The summed E-state index contributed by atoms with van der Waals surface area (Å²) >= 11 is 0. The summed E-state index contributed by atoms with van der Waals surface area (Å²) in [7, 11) is -2.99. The molecule has 1 fully saturated rings. The molecule has 0 bridgehead atoms. The minimum absolute atomic E-state index is 0. The van der Waals surface area contributed by atoms with E-state index in [9.17, 15) is 8.42 Å². The Morgan fingerprint density at radius 2 is 2.21 bits per heavy atom. The highest BCUT2D eigenvalue weighted by Crippen LogP contribution is 2.27. The Bertz CT molecular complexity index is 618. The zero-order valence-electron chi connectivity index (χ0n) is 14.6. The smallest absolute Gasteiger partial charge is 0.194 e. The van der Waals surface area contributed by atoms with Gasteiger partial charge in [-0.15, -0.1) is 24.0 Å². The fourth-order valence-electron chi connectivity index (χ4n) is 2.84. The van der Waals surface area contributed by atoms with Crippen molar-refractivity contribution < 1.29 is 8.42 Å². The summed E-state index contributed by atoms with van der Waals surface area (Å²) in [6.07, 6.45) is 7.97. The van der Waals surface area contributed by atoms with Gasteiger partial charge in [-0.2, -0.15) is 0 Å². The van der Waals surface area contributed by atoms with Crippen molar-refractivity contribution in [3.05, 3.63) is 18.7 Å². The fraction of sp³-hybridized carbons (Fsp3) is 0.733. The molecule has 1 N–H and O–H groups in total. The zero-order valence-corrected chi connectivity index (χ0v) is 17.7. The monoisotopic (exact) mass is 469 g/mol. The molecule has 2 atom stereocenters. The van der Waals surface area contributed by atoms with Gasteiger partial charge in [-0.3, -0.25) is 4.99 Å². The van der Waals surface area contributed by atoms with Gasteiger partial charge in [0.25, 0.3) is 0 Å². The van der Waals surface area contributed by atoms with E-state index in [4.69, 9.17) is 0 Å². The highest BCUT2D eigenvalue weighted by Gasteiger charge is 2.28. The van der Waals surface area contributed by atoms with E-state index in [0.29, 0.717) is 18.5 Å². The first-order valence-corrected chi connectivity index (χ1v) is 10.1. The molecule has 0 amide bonds. The standard InChI is InChI=1S/C15H27N5O2S.HI/c1-4-17-15(18-7-10-23(3,21)22)19-8-5-13(2)14(11-19)20-9-6-16-12-20;/h6,9,12-14H,4-5,7-8,10-11H2,1-3H3,(H,17,18);1H. The lowest BCUT2D eigenvalue weighted by molar-refractivity contribution is 0.189. The van der Waals surface area contributed by atoms with Crippen molar-refractivity contribution in [2.24, 2.45) is 10.9 Å². The molecule has 0 saturated carbocycles. The molecule has 2 heterocycles. The lowest BCUT2D eigenvalue weighted by Gasteiger charge is -2.39. The van der Waals surface area contributed by atoms with Crippen LogP contribution >= 0.6 is 24.0 Å². The molecule has 0 aliphatic carbocycles. The molecule has 1 aliphatic rings. The highest BCUT2D eigenvalue weighted by atomic mass is 127. The van der Waals surface area contributed by atoms with Gasteiger partial charge >= 0.3 is 0 Å². The summed E-state index contributed by atoms with van der Waals surface area (Å²) < 4.78 is 24.7. The number of guanidine groups is 1. The molecular formula is C15H28IN5O2S. The molecule has 0 aromatic carbocycles. The maximum absolute atomic E-state index is 11.3. The van der Waals surface area contributed by atoms with Gasteiger partial charge in [-0.1, -0.05) is 6.92 Å². The predicted octanol–water partition coefficient (Wildman–Crippen LogP) is 1.39. The Morgan fingerprint density at radius 1 is 1.46 bits per heavy atom. The summed E-state index contributed by atoms with van der Waals surface area (Å²) in [5.41, 5.74) is 0. The van der Waals surface area contributed by atoms with Crippen LogP contribution in [-0.2, 0) is 9.84 Å². The largest absolute Gasteiger partial charge is 0.357 e. The molecule has 2 rings (SSSR count). The molecule has 1 aliphatic heterocycles. The number of aliphatic imine (C=N–C) groups is 1. The minimum atomic E-state index is -2.99. The van der Waals surface area contributed by atoms with E-state index in [1.54, 1.807) is 6.20 Å². The summed E-state index contributed by atoms with van der Waals surface area (Å²) in [6, 6.07) is 0.352. The molecule has 9 heteroatoms. The predicted molar refractivity (Wildman–Crippen MR) is 108 cm³/mol. The van der Waals surface area contributed by atoms with Gasteiger partial charge in [-0.25, -0.2) is 13.4 Å². The Balaban J connectivity index is 0.00000288. The topological polar surface area (TPSA) is 79.6 Å². The van der Waals surface area contributed by atoms with Crippen LogP contribution in [0.1, 0.15) is 26.3 Å². The molecule has 24 heavy (non-hydrogen) atoms. The number of imidazole rings is 1. The molecule has 0 spiro atoms. The van der Waals surface area contributed by atoms with E-state index < -0.39 is 9.84 Å². The van der Waals surface area contributed by atoms with Crippen molar-refractivity contribution in [3.8, 4) is 0 Å². The van der Waals surface area contributed by atoms with Gasteiger partial charge in [0.15, 0.2) is 5.96 Å². The van der Waals surface area contributed by atoms with Crippen molar-refractivity contribution in [2.45, 2.75) is 26.3 Å². The molecular weight excluding hydrogens is 441 g/mol. The Morgan fingerprint density at radius 3 is 2.79 bits per heavy atom.